The van der Waals surface area contributed by atoms with Gasteiger partial charge in [0, 0.05) is 21.5 Å². The van der Waals surface area contributed by atoms with E-state index in [-0.39, 0.29) is 30.7 Å². The van der Waals surface area contributed by atoms with Gasteiger partial charge in [0.15, 0.2) is 0 Å². The summed E-state index contributed by atoms with van der Waals surface area (Å²) in [6, 6.07) is 17.8. The maximum absolute atomic E-state index is 8.00. The Morgan fingerprint density at radius 3 is 2.56 bits per heavy atom. The smallest absolute Gasteiger partial charge is 0.213 e. The Bertz CT molecular complexity index is 1110. The second-order valence-electron chi connectivity index (χ2n) is 5.80. The van der Waals surface area contributed by atoms with E-state index in [0.717, 1.165) is 43.5 Å². The number of hydrogen-bond acceptors (Lipinski definition) is 3. The maximum atomic E-state index is 8.00. The van der Waals surface area contributed by atoms with Crippen LogP contribution in [0.5, 0.6) is 0 Å². The highest BCUT2D eigenvalue weighted by Crippen LogP contribution is 2.30. The number of aromatic nitrogens is 2. The molecular weight excluding hydrogens is 405 g/mol. The van der Waals surface area contributed by atoms with Crippen LogP contribution in [0.15, 0.2) is 54.6 Å². The monoisotopic (exact) mass is 421 g/mol. The molecule has 4 nitrogen and oxygen atoms in total. The lowest BCUT2D eigenvalue weighted by atomic mass is 10.0. The van der Waals surface area contributed by atoms with Gasteiger partial charge in [0.25, 0.3) is 0 Å². The number of halogens is 3. The minimum Gasteiger partial charge on any atom is -0.478 e. The summed E-state index contributed by atoms with van der Waals surface area (Å²) in [5.41, 5.74) is 3.54. The molecule has 27 heavy (non-hydrogen) atoms. The Morgan fingerprint density at radius 2 is 1.78 bits per heavy atom. The first kappa shape index (κ1) is 21.0. The van der Waals surface area contributed by atoms with Crippen LogP contribution in [0.4, 0.5) is 0 Å². The van der Waals surface area contributed by atoms with Gasteiger partial charge in [0.05, 0.1) is 17.8 Å². The van der Waals surface area contributed by atoms with Crippen molar-refractivity contribution in [2.45, 2.75) is 6.92 Å². The molecular formula is C20H18Cl3N3O. The molecule has 0 bridgehead atoms. The molecule has 7 heteroatoms. The zero-order chi connectivity index (χ0) is 17.4. The van der Waals surface area contributed by atoms with E-state index in [9.17, 15) is 0 Å². The molecule has 2 N–H and O–H groups in total. The van der Waals surface area contributed by atoms with E-state index in [1.165, 1.54) is 0 Å². The van der Waals surface area contributed by atoms with Crippen LogP contribution >= 0.6 is 36.4 Å². The van der Waals surface area contributed by atoms with Crippen molar-refractivity contribution in [2.24, 2.45) is 0 Å². The third-order valence-corrected chi connectivity index (χ3v) is 4.42. The molecule has 0 saturated carbocycles. The lowest BCUT2D eigenvalue weighted by molar-refractivity contribution is 0.325. The number of nitrogens with zero attached hydrogens (tertiary/aromatic N) is 1. The number of aromatic amines is 1. The van der Waals surface area contributed by atoms with Gasteiger partial charge < -0.3 is 4.74 Å². The highest BCUT2D eigenvalue weighted by molar-refractivity contribution is 6.31. The summed E-state index contributed by atoms with van der Waals surface area (Å²) in [6.45, 7) is 2.35. The van der Waals surface area contributed by atoms with Crippen molar-refractivity contribution in [1.29, 1.82) is 5.41 Å². The summed E-state index contributed by atoms with van der Waals surface area (Å²) < 4.78 is 5.31. The molecule has 140 valence electrons. The van der Waals surface area contributed by atoms with Crippen molar-refractivity contribution >= 4 is 64.0 Å². The van der Waals surface area contributed by atoms with Gasteiger partial charge in [-0.3, -0.25) is 10.5 Å². The largest absolute Gasteiger partial charge is 0.478 e. The molecule has 0 atom stereocenters. The van der Waals surface area contributed by atoms with Gasteiger partial charge in [-0.2, -0.15) is 5.10 Å². The summed E-state index contributed by atoms with van der Waals surface area (Å²) in [4.78, 5) is 0. The molecule has 0 fully saturated rings. The molecule has 1 aromatic heterocycles. The first-order valence-electron chi connectivity index (χ1n) is 8.05. The van der Waals surface area contributed by atoms with Crippen LogP contribution in [-0.2, 0) is 4.74 Å². The van der Waals surface area contributed by atoms with Crippen molar-refractivity contribution in [2.75, 3.05) is 6.61 Å². The highest BCUT2D eigenvalue weighted by atomic mass is 35.5. The third-order valence-electron chi connectivity index (χ3n) is 4.19. The van der Waals surface area contributed by atoms with E-state index in [0.29, 0.717) is 6.61 Å². The van der Waals surface area contributed by atoms with E-state index < -0.39 is 0 Å². The summed E-state index contributed by atoms with van der Waals surface area (Å²) in [5.74, 6) is 0.171. The minimum atomic E-state index is 0. The molecule has 0 aliphatic carbocycles. The van der Waals surface area contributed by atoms with E-state index >= 15 is 0 Å². The average Bonchev–Trinajstić information content (AvgIpc) is 3.04. The maximum Gasteiger partial charge on any atom is 0.213 e. The van der Waals surface area contributed by atoms with Gasteiger partial charge in [0.1, 0.15) is 0 Å². The summed E-state index contributed by atoms with van der Waals surface area (Å²) >= 11 is 6.06. The molecule has 0 aliphatic heterocycles. The number of ether oxygens (including phenoxy) is 1. The molecule has 0 saturated heterocycles. The predicted molar refractivity (Wildman–Crippen MR) is 117 cm³/mol. The lowest BCUT2D eigenvalue weighted by Crippen LogP contribution is -2.04. The van der Waals surface area contributed by atoms with Crippen LogP contribution in [0.3, 0.4) is 0 Å². The number of H-pyrrole nitrogens is 1. The first-order valence-corrected chi connectivity index (χ1v) is 8.43. The van der Waals surface area contributed by atoms with Crippen molar-refractivity contribution in [3.63, 3.8) is 0 Å². The topological polar surface area (TPSA) is 61.8 Å². The second kappa shape index (κ2) is 8.61. The van der Waals surface area contributed by atoms with Gasteiger partial charge in [-0.15, -0.1) is 24.8 Å². The fourth-order valence-corrected chi connectivity index (χ4v) is 3.15. The fourth-order valence-electron chi connectivity index (χ4n) is 2.97. The predicted octanol–water partition coefficient (Wildman–Crippen LogP) is 6.24. The molecule has 4 aromatic rings. The van der Waals surface area contributed by atoms with Crippen molar-refractivity contribution in [1.82, 2.24) is 10.2 Å². The normalized spacial score (nSPS) is 10.3. The Kier molecular flexibility index (Phi) is 6.71. The minimum absolute atomic E-state index is 0. The van der Waals surface area contributed by atoms with Gasteiger partial charge in [-0.25, -0.2) is 0 Å². The Hall–Kier alpha value is -2.27. The van der Waals surface area contributed by atoms with Gasteiger partial charge in [-0.1, -0.05) is 29.8 Å². The molecule has 0 aliphatic rings. The Labute approximate surface area is 174 Å². The van der Waals surface area contributed by atoms with Crippen molar-refractivity contribution < 1.29 is 4.74 Å². The Morgan fingerprint density at radius 1 is 1.04 bits per heavy atom. The fraction of sp³-hybridized carbons (Fsp3) is 0.100. The number of fused-ring (bicyclic) bond motifs is 2. The van der Waals surface area contributed by atoms with Crippen molar-refractivity contribution in [3.05, 3.63) is 65.2 Å². The number of hydrogen-bond donors (Lipinski definition) is 2. The zero-order valence-electron chi connectivity index (χ0n) is 14.5. The molecule has 0 unspecified atom stereocenters. The molecule has 1 heterocycles. The molecule has 4 rings (SSSR count). The summed E-state index contributed by atoms with van der Waals surface area (Å²) in [7, 11) is 0. The number of rotatable bonds is 3. The number of benzene rings is 3. The van der Waals surface area contributed by atoms with Crippen LogP contribution in [0.25, 0.3) is 32.9 Å². The van der Waals surface area contributed by atoms with E-state index in [4.69, 9.17) is 21.7 Å². The molecule has 0 radical (unpaired) electrons. The lowest BCUT2D eigenvalue weighted by Gasteiger charge is -2.06. The van der Waals surface area contributed by atoms with E-state index in [1.54, 1.807) is 0 Å². The van der Waals surface area contributed by atoms with Gasteiger partial charge in [-0.05, 0) is 54.1 Å². The molecule has 0 amide bonds. The van der Waals surface area contributed by atoms with E-state index in [1.807, 2.05) is 55.5 Å². The second-order valence-corrected chi connectivity index (χ2v) is 6.24. The summed E-state index contributed by atoms with van der Waals surface area (Å²) in [5, 5.41) is 19.4. The van der Waals surface area contributed by atoms with Crippen LogP contribution in [0.2, 0.25) is 5.02 Å². The molecule has 0 spiro atoms. The zero-order valence-corrected chi connectivity index (χ0v) is 16.8. The van der Waals surface area contributed by atoms with Crippen LogP contribution in [0.1, 0.15) is 12.5 Å². The van der Waals surface area contributed by atoms with Crippen LogP contribution in [-0.4, -0.2) is 22.7 Å². The highest BCUT2D eigenvalue weighted by Gasteiger charge is 2.11. The van der Waals surface area contributed by atoms with Gasteiger partial charge in [0.2, 0.25) is 5.90 Å². The van der Waals surface area contributed by atoms with Crippen LogP contribution in [0, 0.1) is 5.41 Å². The standard InChI is InChI=1S/C20H16ClN3O.2ClH/c1-2-25-20(22)15-6-8-18-17(11-15)19(24-23-18)14-4-3-13-10-16(21)7-5-12(13)9-14;;/h3-11,22H,2H2,1H3,(H,23,24);2*1H. The SMILES string of the molecule is CCOC(=N)c1ccc2[nH]nc(-c3ccc4cc(Cl)ccc4c3)c2c1.Cl.Cl. The molecule has 3 aromatic carbocycles. The van der Waals surface area contributed by atoms with Crippen LogP contribution < -0.4 is 0 Å². The first-order chi connectivity index (χ1) is 12.2. The van der Waals surface area contributed by atoms with Gasteiger partial charge >= 0.3 is 0 Å². The number of nitrogens with one attached hydrogen (secondary N) is 2. The van der Waals surface area contributed by atoms with E-state index in [2.05, 4.69) is 16.3 Å². The average molecular weight is 423 g/mol. The third kappa shape index (κ3) is 4.03. The van der Waals surface area contributed by atoms with Crippen molar-refractivity contribution in [3.8, 4) is 11.3 Å². The Balaban J connectivity index is 0.00000131. The quantitative estimate of drug-likeness (QED) is 0.303. The summed E-state index contributed by atoms with van der Waals surface area (Å²) in [6.07, 6.45) is 0.